The zero-order valence-electron chi connectivity index (χ0n) is 10.6. The summed E-state index contributed by atoms with van der Waals surface area (Å²) in [5.41, 5.74) is 5.54. The van der Waals surface area contributed by atoms with E-state index >= 15 is 0 Å². The first kappa shape index (κ1) is 15.8. The van der Waals surface area contributed by atoms with E-state index in [1.807, 2.05) is 6.92 Å². The number of hydrogen-bond donors (Lipinski definition) is 1. The normalized spacial score (nSPS) is 11.7. The molecule has 0 fully saturated rings. The van der Waals surface area contributed by atoms with Gasteiger partial charge in [-0.05, 0) is 6.42 Å². The standard InChI is InChI=1S/C11H20N2O3S/c1-4-5-8(10(12)17)11(15)13(2)7-6-9(14)16-3/h8H,4-7H2,1-3H3,(H2,12,17). The lowest BCUT2D eigenvalue weighted by Gasteiger charge is -2.22. The second kappa shape index (κ2) is 8.00. The van der Waals surface area contributed by atoms with Crippen molar-refractivity contribution in [2.75, 3.05) is 20.7 Å². The fourth-order valence-electron chi connectivity index (χ4n) is 1.41. The summed E-state index contributed by atoms with van der Waals surface area (Å²) in [4.78, 5) is 24.6. The van der Waals surface area contributed by atoms with Gasteiger partial charge in [0.15, 0.2) is 0 Å². The molecule has 0 spiro atoms. The number of carbonyl (C=O) groups excluding carboxylic acids is 2. The van der Waals surface area contributed by atoms with E-state index in [2.05, 4.69) is 4.74 Å². The molecule has 0 aliphatic heterocycles. The van der Waals surface area contributed by atoms with Gasteiger partial charge in [0.2, 0.25) is 5.91 Å². The summed E-state index contributed by atoms with van der Waals surface area (Å²) in [5.74, 6) is -0.909. The average molecular weight is 260 g/mol. The van der Waals surface area contributed by atoms with Crippen molar-refractivity contribution in [1.29, 1.82) is 0 Å². The highest BCUT2D eigenvalue weighted by Gasteiger charge is 2.23. The molecule has 0 saturated carbocycles. The lowest BCUT2D eigenvalue weighted by atomic mass is 10.0. The molecule has 0 aromatic carbocycles. The molecule has 1 atom stereocenters. The number of amides is 1. The van der Waals surface area contributed by atoms with Crippen LogP contribution < -0.4 is 5.73 Å². The molecule has 0 aliphatic carbocycles. The van der Waals surface area contributed by atoms with Crippen molar-refractivity contribution in [1.82, 2.24) is 4.90 Å². The molecule has 0 radical (unpaired) electrons. The molecule has 1 unspecified atom stereocenters. The number of thiocarbonyl (C=S) groups is 1. The molecule has 1 amide bonds. The zero-order valence-corrected chi connectivity index (χ0v) is 11.4. The predicted octanol–water partition coefficient (Wildman–Crippen LogP) is 0.710. The maximum atomic E-state index is 12.0. The molecular weight excluding hydrogens is 240 g/mol. The second-order valence-corrected chi connectivity index (χ2v) is 4.30. The maximum absolute atomic E-state index is 12.0. The van der Waals surface area contributed by atoms with Crippen LogP contribution in [-0.4, -0.2) is 42.5 Å². The smallest absolute Gasteiger partial charge is 0.307 e. The highest BCUT2D eigenvalue weighted by molar-refractivity contribution is 7.80. The van der Waals surface area contributed by atoms with Gasteiger partial charge in [-0.25, -0.2) is 0 Å². The van der Waals surface area contributed by atoms with Gasteiger partial charge in [0.05, 0.1) is 24.4 Å². The van der Waals surface area contributed by atoms with Crippen LogP contribution in [-0.2, 0) is 14.3 Å². The molecule has 0 saturated heterocycles. The van der Waals surface area contributed by atoms with Crippen LogP contribution in [0.2, 0.25) is 0 Å². The number of nitrogens with zero attached hydrogens (tertiary/aromatic N) is 1. The van der Waals surface area contributed by atoms with Crippen LogP contribution in [0.4, 0.5) is 0 Å². The molecule has 0 heterocycles. The van der Waals surface area contributed by atoms with Crippen LogP contribution in [0.3, 0.4) is 0 Å². The van der Waals surface area contributed by atoms with Gasteiger partial charge in [-0.15, -0.1) is 0 Å². The minimum atomic E-state index is -0.433. The lowest BCUT2D eigenvalue weighted by molar-refractivity contribution is -0.141. The van der Waals surface area contributed by atoms with Crippen molar-refractivity contribution < 1.29 is 14.3 Å². The number of hydrogen-bond acceptors (Lipinski definition) is 4. The quantitative estimate of drug-likeness (QED) is 0.539. The molecular formula is C11H20N2O3S. The van der Waals surface area contributed by atoms with E-state index in [1.54, 1.807) is 7.05 Å². The molecule has 0 bridgehead atoms. The molecule has 0 aliphatic rings. The summed E-state index contributed by atoms with van der Waals surface area (Å²) in [6, 6.07) is 0. The van der Waals surface area contributed by atoms with E-state index < -0.39 is 5.92 Å². The molecule has 0 rings (SSSR count). The van der Waals surface area contributed by atoms with Crippen LogP contribution in [0, 0.1) is 5.92 Å². The number of nitrogens with two attached hydrogens (primary N) is 1. The Kier molecular flexibility index (Phi) is 7.45. The molecule has 5 nitrogen and oxygen atoms in total. The van der Waals surface area contributed by atoms with Crippen molar-refractivity contribution in [2.24, 2.45) is 11.7 Å². The van der Waals surface area contributed by atoms with Crippen molar-refractivity contribution in [3.63, 3.8) is 0 Å². The molecule has 0 aromatic rings. The molecule has 2 N–H and O–H groups in total. The van der Waals surface area contributed by atoms with Crippen LogP contribution in [0.25, 0.3) is 0 Å². The van der Waals surface area contributed by atoms with Crippen LogP contribution in [0.5, 0.6) is 0 Å². The Hall–Kier alpha value is -1.17. The molecule has 98 valence electrons. The Morgan fingerprint density at radius 1 is 1.47 bits per heavy atom. The van der Waals surface area contributed by atoms with Gasteiger partial charge < -0.3 is 15.4 Å². The Morgan fingerprint density at radius 2 is 2.06 bits per heavy atom. The third kappa shape index (κ3) is 5.63. The summed E-state index contributed by atoms with van der Waals surface area (Å²) < 4.78 is 4.51. The number of methoxy groups -OCH3 is 1. The first-order valence-corrected chi connectivity index (χ1v) is 5.95. The largest absolute Gasteiger partial charge is 0.469 e. The van der Waals surface area contributed by atoms with Crippen molar-refractivity contribution in [3.8, 4) is 0 Å². The minimum absolute atomic E-state index is 0.136. The number of ether oxygens (including phenoxy) is 1. The minimum Gasteiger partial charge on any atom is -0.469 e. The SMILES string of the molecule is CCCC(C(=O)N(C)CCC(=O)OC)C(N)=S. The van der Waals surface area contributed by atoms with Gasteiger partial charge in [-0.1, -0.05) is 25.6 Å². The van der Waals surface area contributed by atoms with Gasteiger partial charge in [0, 0.05) is 13.6 Å². The first-order chi connectivity index (χ1) is 7.93. The van der Waals surface area contributed by atoms with E-state index in [1.165, 1.54) is 12.0 Å². The summed E-state index contributed by atoms with van der Waals surface area (Å²) in [7, 11) is 2.95. The molecule has 0 aromatic heterocycles. The van der Waals surface area contributed by atoms with Gasteiger partial charge >= 0.3 is 5.97 Å². The van der Waals surface area contributed by atoms with Crippen LogP contribution >= 0.6 is 12.2 Å². The van der Waals surface area contributed by atoms with E-state index in [0.717, 1.165) is 6.42 Å². The zero-order chi connectivity index (χ0) is 13.4. The van der Waals surface area contributed by atoms with E-state index in [-0.39, 0.29) is 23.3 Å². The maximum Gasteiger partial charge on any atom is 0.307 e. The summed E-state index contributed by atoms with van der Waals surface area (Å²) in [5, 5.41) is 0. The number of esters is 1. The van der Waals surface area contributed by atoms with Gasteiger partial charge in [0.25, 0.3) is 0 Å². The van der Waals surface area contributed by atoms with Gasteiger partial charge in [-0.2, -0.15) is 0 Å². The van der Waals surface area contributed by atoms with Crippen molar-refractivity contribution >= 4 is 29.1 Å². The lowest BCUT2D eigenvalue weighted by Crippen LogP contribution is -2.40. The Bertz CT molecular complexity index is 294. The molecule has 17 heavy (non-hydrogen) atoms. The first-order valence-electron chi connectivity index (χ1n) is 5.55. The number of carbonyl (C=O) groups is 2. The third-order valence-electron chi connectivity index (χ3n) is 2.47. The van der Waals surface area contributed by atoms with E-state index in [4.69, 9.17) is 18.0 Å². The van der Waals surface area contributed by atoms with Crippen molar-refractivity contribution in [3.05, 3.63) is 0 Å². The third-order valence-corrected chi connectivity index (χ3v) is 2.76. The van der Waals surface area contributed by atoms with Gasteiger partial charge in [-0.3, -0.25) is 9.59 Å². The highest BCUT2D eigenvalue weighted by atomic mass is 32.1. The second-order valence-electron chi connectivity index (χ2n) is 3.83. The molecule has 6 heteroatoms. The van der Waals surface area contributed by atoms with Gasteiger partial charge in [0.1, 0.15) is 0 Å². The monoisotopic (exact) mass is 260 g/mol. The predicted molar refractivity (Wildman–Crippen MR) is 69.5 cm³/mol. The summed E-state index contributed by atoms with van der Waals surface area (Å²) >= 11 is 4.88. The summed E-state index contributed by atoms with van der Waals surface area (Å²) in [6.45, 7) is 2.28. The highest BCUT2D eigenvalue weighted by Crippen LogP contribution is 2.10. The fraction of sp³-hybridized carbons (Fsp3) is 0.727. The average Bonchev–Trinajstić information content (AvgIpc) is 2.31. The van der Waals surface area contributed by atoms with Crippen molar-refractivity contribution in [2.45, 2.75) is 26.2 Å². The van der Waals surface area contributed by atoms with E-state index in [0.29, 0.717) is 13.0 Å². The Labute approximate surface area is 107 Å². The van der Waals surface area contributed by atoms with E-state index in [9.17, 15) is 9.59 Å². The topological polar surface area (TPSA) is 72.6 Å². The fourth-order valence-corrected chi connectivity index (χ4v) is 1.63. The number of rotatable bonds is 7. The summed E-state index contributed by atoms with van der Waals surface area (Å²) in [6.07, 6.45) is 1.64. The van der Waals surface area contributed by atoms with Crippen LogP contribution in [0.15, 0.2) is 0 Å². The Morgan fingerprint density at radius 3 is 2.47 bits per heavy atom. The Balaban J connectivity index is 4.34. The van der Waals surface area contributed by atoms with Crippen LogP contribution in [0.1, 0.15) is 26.2 Å².